The minimum absolute atomic E-state index is 0.501. The molecule has 106 valence electrons. The highest BCUT2D eigenvalue weighted by Crippen LogP contribution is 2.31. The smallest absolute Gasteiger partial charge is 0.0992 e. The van der Waals surface area contributed by atoms with Crippen LogP contribution in [0.5, 0.6) is 0 Å². The van der Waals surface area contributed by atoms with Gasteiger partial charge in [-0.3, -0.25) is 4.90 Å². The second kappa shape index (κ2) is 5.43. The number of aliphatic hydroxyl groups excluding tert-OH is 1. The molecule has 0 aliphatic carbocycles. The number of benzene rings is 1. The lowest BCUT2D eigenvalue weighted by Gasteiger charge is -2.39. The fourth-order valence-electron chi connectivity index (χ4n) is 3.45. The molecule has 1 aromatic rings. The van der Waals surface area contributed by atoms with Gasteiger partial charge in [0, 0.05) is 36.9 Å². The van der Waals surface area contributed by atoms with E-state index in [1.807, 2.05) is 12.1 Å². The molecule has 0 radical (unpaired) electrons. The van der Waals surface area contributed by atoms with Crippen LogP contribution in [0.25, 0.3) is 0 Å². The van der Waals surface area contributed by atoms with Crippen molar-refractivity contribution >= 4 is 5.69 Å². The Bertz CT molecular complexity index is 535. The van der Waals surface area contributed by atoms with Gasteiger partial charge in [-0.05, 0) is 38.4 Å². The Balaban J connectivity index is 1.90. The summed E-state index contributed by atoms with van der Waals surface area (Å²) in [6.07, 6.45) is 2.05. The Morgan fingerprint density at radius 2 is 2.20 bits per heavy atom. The predicted molar refractivity (Wildman–Crippen MR) is 78.6 cm³/mol. The van der Waals surface area contributed by atoms with Crippen molar-refractivity contribution in [1.82, 2.24) is 4.90 Å². The largest absolute Gasteiger partial charge is 0.389 e. The third-order valence-corrected chi connectivity index (χ3v) is 4.54. The van der Waals surface area contributed by atoms with E-state index >= 15 is 0 Å². The van der Waals surface area contributed by atoms with Crippen molar-refractivity contribution < 1.29 is 5.11 Å². The van der Waals surface area contributed by atoms with Crippen LogP contribution in [0.3, 0.4) is 0 Å². The molecule has 2 aliphatic rings. The number of piperazine rings is 1. The summed E-state index contributed by atoms with van der Waals surface area (Å²) in [6, 6.07) is 8.44. The highest BCUT2D eigenvalue weighted by atomic mass is 16.3. The number of hydrogen-bond acceptors (Lipinski definition) is 4. The number of hydrogen-bond donors (Lipinski definition) is 1. The van der Waals surface area contributed by atoms with Gasteiger partial charge in [-0.2, -0.15) is 5.26 Å². The summed E-state index contributed by atoms with van der Waals surface area (Å²) in [5, 5.41) is 19.1. The zero-order valence-electron chi connectivity index (χ0n) is 11.9. The van der Waals surface area contributed by atoms with E-state index in [0.717, 1.165) is 30.9 Å². The van der Waals surface area contributed by atoms with Gasteiger partial charge in [-0.15, -0.1) is 0 Å². The number of fused-ring (bicyclic) bond motifs is 1. The average Bonchev–Trinajstić information content (AvgIpc) is 2.93. The van der Waals surface area contributed by atoms with E-state index in [4.69, 9.17) is 5.26 Å². The normalized spacial score (nSPS) is 24.2. The molecule has 1 N–H and O–H groups in total. The predicted octanol–water partition coefficient (Wildman–Crippen LogP) is 1.90. The lowest BCUT2D eigenvalue weighted by Crippen LogP contribution is -2.50. The molecular formula is C16H21N3O. The van der Waals surface area contributed by atoms with Crippen LogP contribution in [0.15, 0.2) is 18.2 Å². The second-order valence-electron chi connectivity index (χ2n) is 5.84. The van der Waals surface area contributed by atoms with Gasteiger partial charge < -0.3 is 10.0 Å². The van der Waals surface area contributed by atoms with Crippen molar-refractivity contribution in [3.05, 3.63) is 29.3 Å². The topological polar surface area (TPSA) is 50.5 Å². The van der Waals surface area contributed by atoms with Crippen LogP contribution in [0, 0.1) is 11.3 Å². The molecule has 2 heterocycles. The fraction of sp³-hybridized carbons (Fsp3) is 0.562. The van der Waals surface area contributed by atoms with E-state index in [1.54, 1.807) is 13.0 Å². The first-order chi connectivity index (χ1) is 9.69. The van der Waals surface area contributed by atoms with Crippen molar-refractivity contribution in [3.8, 4) is 6.07 Å². The Morgan fingerprint density at radius 3 is 2.95 bits per heavy atom. The van der Waals surface area contributed by atoms with Crippen LogP contribution in [0.2, 0.25) is 0 Å². The maximum atomic E-state index is 9.97. The van der Waals surface area contributed by atoms with Crippen molar-refractivity contribution in [2.45, 2.75) is 31.9 Å². The molecule has 1 unspecified atom stereocenters. The summed E-state index contributed by atoms with van der Waals surface area (Å²) in [4.78, 5) is 4.90. The van der Waals surface area contributed by atoms with Gasteiger partial charge in [0.1, 0.15) is 0 Å². The van der Waals surface area contributed by atoms with Crippen LogP contribution in [0.1, 0.15) is 37.0 Å². The van der Waals surface area contributed by atoms with E-state index in [1.165, 1.54) is 19.4 Å². The first-order valence-electron chi connectivity index (χ1n) is 7.40. The Kier molecular flexibility index (Phi) is 3.64. The quantitative estimate of drug-likeness (QED) is 0.892. The molecule has 2 saturated heterocycles. The number of nitriles is 1. The molecule has 1 aromatic carbocycles. The Morgan fingerprint density at radius 1 is 1.35 bits per heavy atom. The molecular weight excluding hydrogens is 250 g/mol. The van der Waals surface area contributed by atoms with Crippen molar-refractivity contribution in [1.29, 1.82) is 5.26 Å². The SMILES string of the molecule is C[C@@H](O)c1ccc(C#N)cc1N1CCN2CCCC2C1. The molecule has 3 rings (SSSR count). The van der Waals surface area contributed by atoms with Gasteiger partial charge in [0.05, 0.1) is 17.7 Å². The third-order valence-electron chi connectivity index (χ3n) is 4.54. The van der Waals surface area contributed by atoms with Crippen LogP contribution in [-0.2, 0) is 0 Å². The third kappa shape index (κ3) is 2.39. The zero-order chi connectivity index (χ0) is 14.1. The van der Waals surface area contributed by atoms with Crippen LogP contribution in [0.4, 0.5) is 5.69 Å². The standard InChI is InChI=1S/C16H21N3O/c1-12(20)15-5-4-13(10-17)9-16(15)19-8-7-18-6-2-3-14(18)11-19/h4-5,9,12,14,20H,2-3,6-8,11H2,1H3/t12-,14?/m1/s1. The maximum absolute atomic E-state index is 9.97. The number of aliphatic hydroxyl groups is 1. The van der Waals surface area contributed by atoms with Gasteiger partial charge in [0.2, 0.25) is 0 Å². The van der Waals surface area contributed by atoms with Crippen LogP contribution in [-0.4, -0.2) is 42.2 Å². The van der Waals surface area contributed by atoms with Gasteiger partial charge in [0.25, 0.3) is 0 Å². The molecule has 0 bridgehead atoms. The second-order valence-corrected chi connectivity index (χ2v) is 5.84. The molecule has 2 fully saturated rings. The highest BCUT2D eigenvalue weighted by molar-refractivity contribution is 5.59. The van der Waals surface area contributed by atoms with Crippen molar-refractivity contribution in [2.24, 2.45) is 0 Å². The molecule has 4 heteroatoms. The maximum Gasteiger partial charge on any atom is 0.0992 e. The molecule has 4 nitrogen and oxygen atoms in total. The molecule has 20 heavy (non-hydrogen) atoms. The lowest BCUT2D eigenvalue weighted by atomic mass is 10.0. The van der Waals surface area contributed by atoms with E-state index in [0.29, 0.717) is 11.6 Å². The lowest BCUT2D eigenvalue weighted by molar-refractivity contribution is 0.198. The zero-order valence-corrected chi connectivity index (χ0v) is 11.9. The molecule has 2 aliphatic heterocycles. The Labute approximate surface area is 120 Å². The summed E-state index contributed by atoms with van der Waals surface area (Å²) >= 11 is 0. The van der Waals surface area contributed by atoms with E-state index in [9.17, 15) is 5.11 Å². The average molecular weight is 271 g/mol. The summed E-state index contributed by atoms with van der Waals surface area (Å²) in [5.41, 5.74) is 2.62. The highest BCUT2D eigenvalue weighted by Gasteiger charge is 2.31. The minimum Gasteiger partial charge on any atom is -0.389 e. The molecule has 2 atom stereocenters. The van der Waals surface area contributed by atoms with Gasteiger partial charge in [-0.25, -0.2) is 0 Å². The number of nitrogens with zero attached hydrogens (tertiary/aromatic N) is 3. The summed E-state index contributed by atoms with van der Waals surface area (Å²) in [7, 11) is 0. The number of anilines is 1. The van der Waals surface area contributed by atoms with Crippen molar-refractivity contribution in [3.63, 3.8) is 0 Å². The van der Waals surface area contributed by atoms with E-state index in [-0.39, 0.29) is 0 Å². The summed E-state index contributed by atoms with van der Waals surface area (Å²) in [6.45, 7) is 6.08. The summed E-state index contributed by atoms with van der Waals surface area (Å²) in [5.74, 6) is 0. The number of rotatable bonds is 2. The monoisotopic (exact) mass is 271 g/mol. The summed E-state index contributed by atoms with van der Waals surface area (Å²) < 4.78 is 0. The first kappa shape index (κ1) is 13.4. The minimum atomic E-state index is -0.501. The molecule has 0 aromatic heterocycles. The van der Waals surface area contributed by atoms with E-state index < -0.39 is 6.10 Å². The van der Waals surface area contributed by atoms with Gasteiger partial charge >= 0.3 is 0 Å². The molecule has 0 spiro atoms. The Hall–Kier alpha value is -1.57. The van der Waals surface area contributed by atoms with Gasteiger partial charge in [0.15, 0.2) is 0 Å². The molecule has 0 saturated carbocycles. The molecule has 0 amide bonds. The van der Waals surface area contributed by atoms with Crippen LogP contribution >= 0.6 is 0 Å². The van der Waals surface area contributed by atoms with E-state index in [2.05, 4.69) is 15.9 Å². The van der Waals surface area contributed by atoms with Gasteiger partial charge in [-0.1, -0.05) is 6.07 Å². The first-order valence-corrected chi connectivity index (χ1v) is 7.40. The fourth-order valence-corrected chi connectivity index (χ4v) is 3.45. The van der Waals surface area contributed by atoms with Crippen LogP contribution < -0.4 is 4.90 Å². The van der Waals surface area contributed by atoms with Crippen molar-refractivity contribution in [2.75, 3.05) is 31.1 Å².